The highest BCUT2D eigenvalue weighted by Gasteiger charge is 2.57. The third-order valence-electron chi connectivity index (χ3n) is 4.48. The molecule has 0 aromatic rings. The number of hydrogen-bond donors (Lipinski definition) is 2. The molecule has 0 bridgehead atoms. The summed E-state index contributed by atoms with van der Waals surface area (Å²) in [4.78, 5) is 0. The average molecular weight is 277 g/mol. The van der Waals surface area contributed by atoms with Crippen LogP contribution < -0.4 is 5.73 Å². The van der Waals surface area contributed by atoms with Crippen molar-refractivity contribution in [3.8, 4) is 0 Å². The molecule has 5 nitrogen and oxygen atoms in total. The molecule has 3 N–H and O–H groups in total. The molecule has 0 aliphatic carbocycles. The van der Waals surface area contributed by atoms with Gasteiger partial charge in [0.15, 0.2) is 9.84 Å². The van der Waals surface area contributed by atoms with Crippen molar-refractivity contribution < 1.29 is 18.3 Å². The molecule has 106 valence electrons. The fourth-order valence-electron chi connectivity index (χ4n) is 3.59. The molecule has 6 heteroatoms. The van der Waals surface area contributed by atoms with E-state index < -0.39 is 20.9 Å². The fraction of sp³-hybridized carbons (Fsp3) is 1.00. The second kappa shape index (κ2) is 4.44. The van der Waals surface area contributed by atoms with Gasteiger partial charge < -0.3 is 15.6 Å². The van der Waals surface area contributed by atoms with Crippen molar-refractivity contribution >= 4 is 9.84 Å². The summed E-state index contributed by atoms with van der Waals surface area (Å²) in [5.74, 6) is 0.141. The van der Waals surface area contributed by atoms with Crippen molar-refractivity contribution in [2.45, 2.75) is 50.9 Å². The maximum Gasteiger partial charge on any atom is 0.151 e. The van der Waals surface area contributed by atoms with Gasteiger partial charge >= 0.3 is 0 Å². The van der Waals surface area contributed by atoms with Gasteiger partial charge in [0.1, 0.15) is 0 Å². The van der Waals surface area contributed by atoms with Gasteiger partial charge in [-0.05, 0) is 20.3 Å². The normalized spacial score (nSPS) is 48.2. The Kier molecular flexibility index (Phi) is 3.51. The summed E-state index contributed by atoms with van der Waals surface area (Å²) < 4.78 is 29.1. The quantitative estimate of drug-likeness (QED) is 0.745. The lowest BCUT2D eigenvalue weighted by Gasteiger charge is -2.49. The first-order chi connectivity index (χ1) is 8.22. The first-order valence-electron chi connectivity index (χ1n) is 6.50. The number of ether oxygens (including phenoxy) is 1. The van der Waals surface area contributed by atoms with Crippen molar-refractivity contribution in [3.63, 3.8) is 0 Å². The Morgan fingerprint density at radius 1 is 1.33 bits per heavy atom. The lowest BCUT2D eigenvalue weighted by Crippen LogP contribution is -2.58. The molecule has 2 saturated heterocycles. The molecule has 0 aromatic heterocycles. The smallest absolute Gasteiger partial charge is 0.151 e. The Hall–Kier alpha value is -0.170. The van der Waals surface area contributed by atoms with Crippen LogP contribution in [0.4, 0.5) is 0 Å². The predicted octanol–water partition coefficient (Wildman–Crippen LogP) is 0.0685. The zero-order chi connectivity index (χ0) is 13.6. The summed E-state index contributed by atoms with van der Waals surface area (Å²) in [6.45, 7) is 4.03. The van der Waals surface area contributed by atoms with Gasteiger partial charge in [0.05, 0.1) is 29.3 Å². The first-order valence-corrected chi connectivity index (χ1v) is 8.32. The number of sulfone groups is 1. The molecule has 18 heavy (non-hydrogen) atoms. The van der Waals surface area contributed by atoms with E-state index in [4.69, 9.17) is 10.5 Å². The summed E-state index contributed by atoms with van der Waals surface area (Å²) in [7, 11) is -3.07. The Balaban J connectivity index is 2.32. The molecular weight excluding hydrogens is 254 g/mol. The minimum absolute atomic E-state index is 0.00639. The van der Waals surface area contributed by atoms with E-state index in [1.807, 2.05) is 13.8 Å². The van der Waals surface area contributed by atoms with E-state index in [0.717, 1.165) is 0 Å². The molecule has 3 unspecified atom stereocenters. The Bertz CT molecular complexity index is 412. The number of hydrogen-bond acceptors (Lipinski definition) is 5. The third kappa shape index (κ3) is 2.31. The van der Waals surface area contributed by atoms with E-state index in [1.54, 1.807) is 0 Å². The predicted molar refractivity (Wildman–Crippen MR) is 69.0 cm³/mol. The van der Waals surface area contributed by atoms with E-state index in [-0.39, 0.29) is 30.3 Å². The molecule has 0 spiro atoms. The van der Waals surface area contributed by atoms with Crippen LogP contribution in [0.3, 0.4) is 0 Å². The van der Waals surface area contributed by atoms with Crippen molar-refractivity contribution in [2.75, 3.05) is 18.1 Å². The largest absolute Gasteiger partial charge is 0.389 e. The van der Waals surface area contributed by atoms with Crippen LogP contribution in [0, 0.1) is 5.41 Å². The van der Waals surface area contributed by atoms with Crippen LogP contribution >= 0.6 is 0 Å². The summed E-state index contributed by atoms with van der Waals surface area (Å²) in [6, 6.07) is 0. The maximum absolute atomic E-state index is 11.8. The van der Waals surface area contributed by atoms with Crippen LogP contribution in [0.5, 0.6) is 0 Å². The van der Waals surface area contributed by atoms with Gasteiger partial charge in [-0.15, -0.1) is 0 Å². The molecule has 2 rings (SSSR count). The average Bonchev–Trinajstić information content (AvgIpc) is 2.54. The van der Waals surface area contributed by atoms with Gasteiger partial charge in [-0.25, -0.2) is 8.42 Å². The molecule has 2 aliphatic heterocycles. The lowest BCUT2D eigenvalue weighted by atomic mass is 9.65. The van der Waals surface area contributed by atoms with Gasteiger partial charge in [0, 0.05) is 24.8 Å². The van der Waals surface area contributed by atoms with Crippen LogP contribution in [0.1, 0.15) is 33.1 Å². The summed E-state index contributed by atoms with van der Waals surface area (Å²) >= 11 is 0. The van der Waals surface area contributed by atoms with Gasteiger partial charge in [-0.3, -0.25) is 0 Å². The van der Waals surface area contributed by atoms with Crippen LogP contribution in [-0.2, 0) is 14.6 Å². The second-order valence-electron chi connectivity index (χ2n) is 6.02. The van der Waals surface area contributed by atoms with E-state index in [9.17, 15) is 13.5 Å². The SMILES string of the molecule is CC1CC(O)(C2(CN)CCS(=O)(=O)C2)CC(C)O1. The van der Waals surface area contributed by atoms with Crippen molar-refractivity contribution in [1.29, 1.82) is 0 Å². The Morgan fingerprint density at radius 2 is 1.89 bits per heavy atom. The van der Waals surface area contributed by atoms with E-state index in [2.05, 4.69) is 0 Å². The molecule has 2 heterocycles. The Labute approximate surface area is 109 Å². The van der Waals surface area contributed by atoms with E-state index >= 15 is 0 Å². The van der Waals surface area contributed by atoms with Crippen molar-refractivity contribution in [3.05, 3.63) is 0 Å². The summed E-state index contributed by atoms with van der Waals surface area (Å²) in [6.07, 6.45) is 1.26. The van der Waals surface area contributed by atoms with Crippen molar-refractivity contribution in [2.24, 2.45) is 11.1 Å². The van der Waals surface area contributed by atoms with Gasteiger partial charge in [0.25, 0.3) is 0 Å². The third-order valence-corrected chi connectivity index (χ3v) is 6.30. The fourth-order valence-corrected chi connectivity index (χ4v) is 5.81. The van der Waals surface area contributed by atoms with Crippen LogP contribution in [0.2, 0.25) is 0 Å². The molecule has 0 aromatic carbocycles. The minimum atomic E-state index is -3.07. The highest BCUT2D eigenvalue weighted by Crippen LogP contribution is 2.48. The van der Waals surface area contributed by atoms with Crippen molar-refractivity contribution in [1.82, 2.24) is 0 Å². The zero-order valence-corrected chi connectivity index (χ0v) is 11.9. The molecule has 0 amide bonds. The molecule has 0 radical (unpaired) electrons. The number of rotatable bonds is 2. The number of nitrogens with two attached hydrogens (primary N) is 1. The zero-order valence-electron chi connectivity index (χ0n) is 11.1. The van der Waals surface area contributed by atoms with Gasteiger partial charge in [-0.2, -0.15) is 0 Å². The summed E-state index contributed by atoms with van der Waals surface area (Å²) in [5, 5.41) is 11.0. The van der Waals surface area contributed by atoms with Gasteiger partial charge in [-0.1, -0.05) is 0 Å². The topological polar surface area (TPSA) is 89.6 Å². The Morgan fingerprint density at radius 3 is 2.28 bits per heavy atom. The van der Waals surface area contributed by atoms with E-state index in [1.165, 1.54) is 0 Å². The maximum atomic E-state index is 11.8. The molecule has 2 fully saturated rings. The highest BCUT2D eigenvalue weighted by molar-refractivity contribution is 7.91. The minimum Gasteiger partial charge on any atom is -0.389 e. The first kappa shape index (κ1) is 14.2. The van der Waals surface area contributed by atoms with Gasteiger partial charge in [0.2, 0.25) is 0 Å². The van der Waals surface area contributed by atoms with Crippen LogP contribution in [0.25, 0.3) is 0 Å². The highest BCUT2D eigenvalue weighted by atomic mass is 32.2. The van der Waals surface area contributed by atoms with Crippen LogP contribution in [-0.4, -0.2) is 49.4 Å². The molecular formula is C12H23NO4S. The van der Waals surface area contributed by atoms with E-state index in [0.29, 0.717) is 19.3 Å². The monoisotopic (exact) mass is 277 g/mol. The van der Waals surface area contributed by atoms with Crippen LogP contribution in [0.15, 0.2) is 0 Å². The molecule has 3 atom stereocenters. The second-order valence-corrected chi connectivity index (χ2v) is 8.21. The lowest BCUT2D eigenvalue weighted by molar-refractivity contribution is -0.178. The standard InChI is InChI=1S/C12H23NO4S/c1-9-5-12(14,6-10(2)17-9)11(7-13)3-4-18(15,16)8-11/h9-10,14H,3-8,13H2,1-2H3. The molecule has 0 saturated carbocycles. The number of aliphatic hydroxyl groups is 1. The molecule has 2 aliphatic rings. The summed E-state index contributed by atoms with van der Waals surface area (Å²) in [5.41, 5.74) is 4.11.